The average Bonchev–Trinajstić information content (AvgIpc) is 2.39. The number of likely N-dealkylation sites (N-methyl/N-ethyl adjacent to an activating group) is 1. The fraction of sp³-hybridized carbons (Fsp3) is 0.467. The lowest BCUT2D eigenvalue weighted by atomic mass is 10.1. The Morgan fingerprint density at radius 1 is 1.38 bits per heavy atom. The number of rotatable bonds is 6. The maximum absolute atomic E-state index is 13.7. The van der Waals surface area contributed by atoms with Gasteiger partial charge in [0.15, 0.2) is 0 Å². The number of benzene rings is 1. The van der Waals surface area contributed by atoms with Crippen molar-refractivity contribution in [3.63, 3.8) is 0 Å². The van der Waals surface area contributed by atoms with Gasteiger partial charge in [-0.2, -0.15) is 0 Å². The van der Waals surface area contributed by atoms with Crippen LogP contribution in [0.3, 0.4) is 0 Å². The normalized spacial score (nSPS) is 10.6. The van der Waals surface area contributed by atoms with Crippen molar-refractivity contribution in [2.24, 2.45) is 0 Å². The maximum atomic E-state index is 13.7. The lowest BCUT2D eigenvalue weighted by molar-refractivity contribution is -0.135. The molecule has 0 aliphatic heterocycles. The molecule has 1 aromatic carbocycles. The molecule has 0 saturated carbocycles. The van der Waals surface area contributed by atoms with Crippen LogP contribution in [0.25, 0.3) is 0 Å². The molecular weight excluding hydrogens is 295 g/mol. The van der Waals surface area contributed by atoms with E-state index in [1.165, 1.54) is 23.1 Å². The van der Waals surface area contributed by atoms with Gasteiger partial charge in [-0.05, 0) is 32.9 Å². The third-order valence-electron chi connectivity index (χ3n) is 2.91. The van der Waals surface area contributed by atoms with Gasteiger partial charge in [0.25, 0.3) is 0 Å². The minimum Gasteiger partial charge on any atom is -0.352 e. The third kappa shape index (κ3) is 5.34. The Kier molecular flexibility index (Phi) is 6.62. The van der Waals surface area contributed by atoms with E-state index < -0.39 is 5.82 Å². The summed E-state index contributed by atoms with van der Waals surface area (Å²) < 4.78 is 13.7. The van der Waals surface area contributed by atoms with Crippen LogP contribution >= 0.6 is 11.6 Å². The van der Waals surface area contributed by atoms with E-state index in [9.17, 15) is 14.0 Å². The van der Waals surface area contributed by atoms with Crippen molar-refractivity contribution in [1.82, 2.24) is 10.2 Å². The first-order chi connectivity index (χ1) is 9.85. The SMILES string of the molecule is CCN(CC(=O)NC(C)C)C(=O)Cc1c(F)cccc1Cl. The molecule has 0 aliphatic carbocycles. The zero-order valence-corrected chi connectivity index (χ0v) is 13.2. The molecule has 0 fully saturated rings. The lowest BCUT2D eigenvalue weighted by Gasteiger charge is -2.21. The summed E-state index contributed by atoms with van der Waals surface area (Å²) in [5, 5.41) is 2.93. The molecule has 21 heavy (non-hydrogen) atoms. The van der Waals surface area contributed by atoms with Crippen LogP contribution in [0.4, 0.5) is 4.39 Å². The Morgan fingerprint density at radius 2 is 2.05 bits per heavy atom. The Balaban J connectivity index is 2.74. The monoisotopic (exact) mass is 314 g/mol. The Morgan fingerprint density at radius 3 is 2.57 bits per heavy atom. The number of amides is 2. The van der Waals surface area contributed by atoms with Crippen molar-refractivity contribution in [2.75, 3.05) is 13.1 Å². The van der Waals surface area contributed by atoms with Gasteiger partial charge in [0.1, 0.15) is 5.82 Å². The largest absolute Gasteiger partial charge is 0.352 e. The van der Waals surface area contributed by atoms with E-state index in [0.717, 1.165) is 0 Å². The first kappa shape index (κ1) is 17.4. The number of hydrogen-bond donors (Lipinski definition) is 1. The van der Waals surface area contributed by atoms with Gasteiger partial charge in [-0.25, -0.2) is 4.39 Å². The van der Waals surface area contributed by atoms with Crippen LogP contribution in [-0.2, 0) is 16.0 Å². The molecule has 0 saturated heterocycles. The molecule has 0 aliphatic rings. The number of carbonyl (C=O) groups excluding carboxylic acids is 2. The van der Waals surface area contributed by atoms with Gasteiger partial charge in [-0.15, -0.1) is 0 Å². The fourth-order valence-corrected chi connectivity index (χ4v) is 2.11. The fourth-order valence-electron chi connectivity index (χ4n) is 1.88. The van der Waals surface area contributed by atoms with E-state index in [-0.39, 0.29) is 41.4 Å². The van der Waals surface area contributed by atoms with Crippen molar-refractivity contribution in [1.29, 1.82) is 0 Å². The molecular formula is C15H20ClFN2O2. The van der Waals surface area contributed by atoms with Gasteiger partial charge in [0, 0.05) is 23.2 Å². The molecule has 0 atom stereocenters. The molecule has 0 bridgehead atoms. The van der Waals surface area contributed by atoms with Gasteiger partial charge in [0.05, 0.1) is 13.0 Å². The molecule has 1 N–H and O–H groups in total. The van der Waals surface area contributed by atoms with E-state index in [4.69, 9.17) is 11.6 Å². The highest BCUT2D eigenvalue weighted by atomic mass is 35.5. The average molecular weight is 315 g/mol. The van der Waals surface area contributed by atoms with E-state index in [0.29, 0.717) is 6.54 Å². The predicted octanol–water partition coefficient (Wildman–Crippen LogP) is 2.39. The van der Waals surface area contributed by atoms with E-state index in [1.807, 2.05) is 13.8 Å². The zero-order valence-electron chi connectivity index (χ0n) is 12.5. The van der Waals surface area contributed by atoms with Crippen LogP contribution < -0.4 is 5.32 Å². The van der Waals surface area contributed by atoms with E-state index in [1.54, 1.807) is 6.92 Å². The lowest BCUT2D eigenvalue weighted by Crippen LogP contribution is -2.43. The Hall–Kier alpha value is -1.62. The van der Waals surface area contributed by atoms with Crippen molar-refractivity contribution in [3.8, 4) is 0 Å². The van der Waals surface area contributed by atoms with E-state index >= 15 is 0 Å². The number of carbonyl (C=O) groups is 2. The second-order valence-electron chi connectivity index (χ2n) is 5.01. The molecule has 116 valence electrons. The topological polar surface area (TPSA) is 49.4 Å². The van der Waals surface area contributed by atoms with Crippen LogP contribution in [0.2, 0.25) is 5.02 Å². The van der Waals surface area contributed by atoms with Crippen molar-refractivity contribution in [2.45, 2.75) is 33.2 Å². The van der Waals surface area contributed by atoms with Crippen LogP contribution in [0.15, 0.2) is 18.2 Å². The summed E-state index contributed by atoms with van der Waals surface area (Å²) in [6, 6.07) is 4.29. The van der Waals surface area contributed by atoms with E-state index in [2.05, 4.69) is 5.32 Å². The summed E-state index contributed by atoms with van der Waals surface area (Å²) in [6.07, 6.45) is -0.158. The summed E-state index contributed by atoms with van der Waals surface area (Å²) in [5.74, 6) is -1.08. The minimum absolute atomic E-state index is 0.00678. The number of hydrogen-bond acceptors (Lipinski definition) is 2. The molecule has 6 heteroatoms. The quantitative estimate of drug-likeness (QED) is 0.876. The second-order valence-corrected chi connectivity index (χ2v) is 5.41. The maximum Gasteiger partial charge on any atom is 0.239 e. The summed E-state index contributed by atoms with van der Waals surface area (Å²) in [5.41, 5.74) is 0.159. The first-order valence-corrected chi connectivity index (χ1v) is 7.23. The standard InChI is InChI=1S/C15H20ClFN2O2/c1-4-19(9-14(20)18-10(2)3)15(21)8-11-12(16)6-5-7-13(11)17/h5-7,10H,4,8-9H2,1-3H3,(H,18,20). The molecule has 0 unspecified atom stereocenters. The van der Waals surface area contributed by atoms with Crippen LogP contribution in [-0.4, -0.2) is 35.8 Å². The van der Waals surface area contributed by atoms with Crippen molar-refractivity contribution >= 4 is 23.4 Å². The van der Waals surface area contributed by atoms with Gasteiger partial charge in [-0.3, -0.25) is 9.59 Å². The Bertz CT molecular complexity index is 500. The second kappa shape index (κ2) is 7.98. The van der Waals surface area contributed by atoms with Gasteiger partial charge >= 0.3 is 0 Å². The summed E-state index contributed by atoms with van der Waals surface area (Å²) in [4.78, 5) is 25.3. The highest BCUT2D eigenvalue weighted by Crippen LogP contribution is 2.20. The molecule has 1 aromatic rings. The molecule has 0 heterocycles. The van der Waals surface area contributed by atoms with Crippen molar-refractivity contribution in [3.05, 3.63) is 34.6 Å². The first-order valence-electron chi connectivity index (χ1n) is 6.85. The highest BCUT2D eigenvalue weighted by molar-refractivity contribution is 6.31. The van der Waals surface area contributed by atoms with Crippen LogP contribution in [0.1, 0.15) is 26.3 Å². The van der Waals surface area contributed by atoms with Gasteiger partial charge < -0.3 is 10.2 Å². The van der Waals surface area contributed by atoms with Gasteiger partial charge in [0.2, 0.25) is 11.8 Å². The Labute approximate surface area is 129 Å². The molecule has 1 rings (SSSR count). The van der Waals surface area contributed by atoms with Crippen LogP contribution in [0, 0.1) is 5.82 Å². The van der Waals surface area contributed by atoms with Crippen LogP contribution in [0.5, 0.6) is 0 Å². The molecule has 4 nitrogen and oxygen atoms in total. The zero-order chi connectivity index (χ0) is 16.0. The number of nitrogens with one attached hydrogen (secondary N) is 1. The summed E-state index contributed by atoms with van der Waals surface area (Å²) >= 11 is 5.91. The smallest absolute Gasteiger partial charge is 0.239 e. The predicted molar refractivity (Wildman–Crippen MR) is 80.6 cm³/mol. The number of nitrogens with zero attached hydrogens (tertiary/aromatic N) is 1. The summed E-state index contributed by atoms with van der Waals surface area (Å²) in [6.45, 7) is 5.78. The molecule has 2 amide bonds. The van der Waals surface area contributed by atoms with Gasteiger partial charge in [-0.1, -0.05) is 17.7 Å². The van der Waals surface area contributed by atoms with Crippen molar-refractivity contribution < 1.29 is 14.0 Å². The minimum atomic E-state index is -0.515. The highest BCUT2D eigenvalue weighted by Gasteiger charge is 2.19. The molecule has 0 radical (unpaired) electrons. The molecule has 0 aromatic heterocycles. The third-order valence-corrected chi connectivity index (χ3v) is 3.26. The number of halogens is 2. The molecule has 0 spiro atoms. The summed E-state index contributed by atoms with van der Waals surface area (Å²) in [7, 11) is 0.